The molecule has 5 nitrogen and oxygen atoms in total. The Labute approximate surface area is 105 Å². The summed E-state index contributed by atoms with van der Waals surface area (Å²) < 4.78 is 4.92. The van der Waals surface area contributed by atoms with E-state index in [4.69, 9.17) is 4.42 Å². The average Bonchev–Trinajstić information content (AvgIpc) is 2.91. The molecule has 1 aromatic carbocycles. The van der Waals surface area contributed by atoms with Gasteiger partial charge in [-0.2, -0.15) is 0 Å². The molecule has 90 valence electrons. The lowest BCUT2D eigenvalue weighted by Crippen LogP contribution is -1.93. The molecule has 0 bridgehead atoms. The van der Waals surface area contributed by atoms with Crippen LogP contribution in [0, 0.1) is 0 Å². The fourth-order valence-electron chi connectivity index (χ4n) is 1.68. The van der Waals surface area contributed by atoms with E-state index in [1.54, 1.807) is 18.2 Å². The van der Waals surface area contributed by atoms with Crippen LogP contribution in [0.25, 0.3) is 22.4 Å². The molecule has 18 heavy (non-hydrogen) atoms. The lowest BCUT2D eigenvalue weighted by Gasteiger charge is -1.95. The van der Waals surface area contributed by atoms with Gasteiger partial charge < -0.3 is 4.42 Å². The van der Waals surface area contributed by atoms with Gasteiger partial charge in [0.15, 0.2) is 16.4 Å². The van der Waals surface area contributed by atoms with Crippen molar-refractivity contribution in [1.82, 2.24) is 9.97 Å². The summed E-state index contributed by atoms with van der Waals surface area (Å²) >= 11 is 1.31. The number of nitrogens with one attached hydrogen (secondary N) is 1. The summed E-state index contributed by atoms with van der Waals surface area (Å²) in [6, 6.07) is 5.28. The van der Waals surface area contributed by atoms with Crippen LogP contribution in [0.3, 0.4) is 0 Å². The zero-order chi connectivity index (χ0) is 12.7. The predicted octanol–water partition coefficient (Wildman–Crippen LogP) is 2.45. The first kappa shape index (κ1) is 10.9. The van der Waals surface area contributed by atoms with Crippen molar-refractivity contribution >= 4 is 28.2 Å². The molecule has 0 aliphatic rings. The number of Topliss-reactive ketones (excluding diaryl/α,β-unsaturated/α-hetero) is 1. The second-order valence-electron chi connectivity index (χ2n) is 3.82. The van der Waals surface area contributed by atoms with Crippen molar-refractivity contribution < 1.29 is 9.21 Å². The lowest BCUT2D eigenvalue weighted by molar-refractivity contribution is 0.101. The number of ketones is 1. The Hall–Kier alpha value is -2.21. The van der Waals surface area contributed by atoms with E-state index in [0.717, 1.165) is 5.56 Å². The molecule has 0 saturated heterocycles. The predicted molar refractivity (Wildman–Crippen MR) is 67.9 cm³/mol. The van der Waals surface area contributed by atoms with E-state index in [0.29, 0.717) is 21.8 Å². The second-order valence-corrected chi connectivity index (χ2v) is 4.68. The number of H-pyrrole nitrogens is 1. The van der Waals surface area contributed by atoms with E-state index in [1.807, 2.05) is 5.38 Å². The van der Waals surface area contributed by atoms with Crippen molar-refractivity contribution in [1.29, 1.82) is 0 Å². The number of aromatic amines is 1. The van der Waals surface area contributed by atoms with Crippen LogP contribution in [0.15, 0.2) is 32.8 Å². The van der Waals surface area contributed by atoms with Crippen LogP contribution >= 0.6 is 11.3 Å². The number of aromatic nitrogens is 2. The van der Waals surface area contributed by atoms with Crippen molar-refractivity contribution in [2.45, 2.75) is 6.92 Å². The molecule has 0 aliphatic carbocycles. The van der Waals surface area contributed by atoms with Crippen LogP contribution in [0.1, 0.15) is 16.7 Å². The van der Waals surface area contributed by atoms with E-state index >= 15 is 0 Å². The largest absolute Gasteiger partial charge is 0.417 e. The molecule has 6 heteroatoms. The van der Waals surface area contributed by atoms with E-state index < -0.39 is 5.76 Å². The van der Waals surface area contributed by atoms with Gasteiger partial charge in [0.25, 0.3) is 0 Å². The molecule has 0 saturated carbocycles. The summed E-state index contributed by atoms with van der Waals surface area (Å²) in [5.74, 6) is -0.533. The highest BCUT2D eigenvalue weighted by Crippen LogP contribution is 2.24. The maximum Gasteiger partial charge on any atom is 0.417 e. The summed E-state index contributed by atoms with van der Waals surface area (Å²) in [5, 5.41) is 2.29. The number of thiazole rings is 1. The van der Waals surface area contributed by atoms with Crippen molar-refractivity contribution in [3.63, 3.8) is 0 Å². The first-order chi connectivity index (χ1) is 8.63. The second kappa shape index (κ2) is 3.92. The monoisotopic (exact) mass is 260 g/mol. The smallest absolute Gasteiger partial charge is 0.408 e. The molecule has 0 amide bonds. The van der Waals surface area contributed by atoms with Crippen LogP contribution in [-0.4, -0.2) is 15.8 Å². The fraction of sp³-hybridized carbons (Fsp3) is 0.0833. The topological polar surface area (TPSA) is 76.0 Å². The summed E-state index contributed by atoms with van der Waals surface area (Å²) in [6.45, 7) is 1.49. The summed E-state index contributed by atoms with van der Waals surface area (Å²) in [7, 11) is 0. The van der Waals surface area contributed by atoms with E-state index in [-0.39, 0.29) is 5.78 Å². The highest BCUT2D eigenvalue weighted by Gasteiger charge is 2.09. The maximum absolute atomic E-state index is 11.2. The van der Waals surface area contributed by atoms with Gasteiger partial charge in [0.1, 0.15) is 0 Å². The molecule has 2 aromatic heterocycles. The minimum absolute atomic E-state index is 0.0518. The van der Waals surface area contributed by atoms with Gasteiger partial charge in [-0.1, -0.05) is 0 Å². The zero-order valence-corrected chi connectivity index (χ0v) is 10.2. The van der Waals surface area contributed by atoms with E-state index in [9.17, 15) is 9.59 Å². The lowest BCUT2D eigenvalue weighted by atomic mass is 10.1. The molecule has 0 aliphatic heterocycles. The molecule has 0 radical (unpaired) electrons. The number of benzene rings is 1. The Balaban J connectivity index is 2.12. The normalized spacial score (nSPS) is 10.9. The number of carbonyl (C=O) groups is 1. The first-order valence-electron chi connectivity index (χ1n) is 5.23. The molecular formula is C12H8N2O3S. The average molecular weight is 260 g/mol. The van der Waals surface area contributed by atoms with E-state index in [1.165, 1.54) is 18.3 Å². The minimum atomic E-state index is -0.482. The van der Waals surface area contributed by atoms with Crippen LogP contribution in [0.5, 0.6) is 0 Å². The van der Waals surface area contributed by atoms with Crippen LogP contribution in [0.4, 0.5) is 0 Å². The molecule has 0 unspecified atom stereocenters. The van der Waals surface area contributed by atoms with Gasteiger partial charge in [-0.25, -0.2) is 9.78 Å². The molecular weight excluding hydrogens is 252 g/mol. The Kier molecular flexibility index (Phi) is 2.38. The Morgan fingerprint density at radius 3 is 3.00 bits per heavy atom. The minimum Gasteiger partial charge on any atom is -0.408 e. The Bertz CT molecular complexity index is 797. The van der Waals surface area contributed by atoms with Crippen molar-refractivity contribution in [3.8, 4) is 11.3 Å². The maximum atomic E-state index is 11.2. The third kappa shape index (κ3) is 1.76. The number of hydrogen-bond donors (Lipinski definition) is 1. The SMILES string of the molecule is CC(=O)c1nc(-c2ccc3oc(=O)[nH]c3c2)cs1. The number of oxazole rings is 1. The van der Waals surface area contributed by atoms with Gasteiger partial charge in [-0.3, -0.25) is 9.78 Å². The van der Waals surface area contributed by atoms with Crippen LogP contribution in [-0.2, 0) is 0 Å². The molecule has 3 rings (SSSR count). The van der Waals surface area contributed by atoms with Gasteiger partial charge in [0.05, 0.1) is 11.2 Å². The molecule has 0 atom stereocenters. The first-order valence-corrected chi connectivity index (χ1v) is 6.11. The molecule has 2 heterocycles. The number of fused-ring (bicyclic) bond motifs is 1. The summed E-state index contributed by atoms with van der Waals surface area (Å²) in [5.41, 5.74) is 2.68. The van der Waals surface area contributed by atoms with Gasteiger partial charge in [-0.05, 0) is 18.2 Å². The number of nitrogens with zero attached hydrogens (tertiary/aromatic N) is 1. The van der Waals surface area contributed by atoms with Crippen molar-refractivity contribution in [3.05, 3.63) is 39.1 Å². The third-order valence-electron chi connectivity index (χ3n) is 2.52. The number of rotatable bonds is 2. The number of hydrogen-bond acceptors (Lipinski definition) is 5. The molecule has 1 N–H and O–H groups in total. The molecule has 0 spiro atoms. The van der Waals surface area contributed by atoms with Crippen LogP contribution in [0.2, 0.25) is 0 Å². The highest BCUT2D eigenvalue weighted by atomic mass is 32.1. The summed E-state index contributed by atoms with van der Waals surface area (Å²) in [4.78, 5) is 29.1. The van der Waals surface area contributed by atoms with E-state index in [2.05, 4.69) is 9.97 Å². The Morgan fingerprint density at radius 1 is 1.44 bits per heavy atom. The Morgan fingerprint density at radius 2 is 2.28 bits per heavy atom. The van der Waals surface area contributed by atoms with Crippen molar-refractivity contribution in [2.24, 2.45) is 0 Å². The molecule has 0 fully saturated rings. The summed E-state index contributed by atoms with van der Waals surface area (Å²) in [6.07, 6.45) is 0. The fourth-order valence-corrected chi connectivity index (χ4v) is 2.41. The van der Waals surface area contributed by atoms with Gasteiger partial charge >= 0.3 is 5.76 Å². The highest BCUT2D eigenvalue weighted by molar-refractivity contribution is 7.12. The van der Waals surface area contributed by atoms with Gasteiger partial charge in [0.2, 0.25) is 0 Å². The van der Waals surface area contributed by atoms with Crippen LogP contribution < -0.4 is 5.76 Å². The van der Waals surface area contributed by atoms with Gasteiger partial charge in [0, 0.05) is 17.9 Å². The standard InChI is InChI=1S/C12H8N2O3S/c1-6(15)11-13-9(5-18-11)7-2-3-10-8(4-7)14-12(16)17-10/h2-5H,1H3,(H,14,16). The molecule has 3 aromatic rings. The third-order valence-corrected chi connectivity index (χ3v) is 3.46. The van der Waals surface area contributed by atoms with Gasteiger partial charge in [-0.15, -0.1) is 11.3 Å². The zero-order valence-electron chi connectivity index (χ0n) is 9.39. The quantitative estimate of drug-likeness (QED) is 0.718. The van der Waals surface area contributed by atoms with Crippen molar-refractivity contribution in [2.75, 3.05) is 0 Å². The number of carbonyl (C=O) groups excluding carboxylic acids is 1.